The van der Waals surface area contributed by atoms with Gasteiger partial charge in [-0.2, -0.15) is 13.2 Å². The van der Waals surface area contributed by atoms with E-state index in [0.717, 1.165) is 0 Å². The van der Waals surface area contributed by atoms with E-state index in [4.69, 9.17) is 4.79 Å². The quantitative estimate of drug-likeness (QED) is 0.515. The molecule has 0 aromatic rings. The van der Waals surface area contributed by atoms with Gasteiger partial charge in [0.05, 0.1) is 13.1 Å². The molecule has 1 rings (SSSR count). The number of halogens is 3. The molecule has 0 atom stereocenters. The molecule has 6 heteroatoms. The highest BCUT2D eigenvalue weighted by atomic mass is 19.4. The molecule has 0 bridgehead atoms. The third-order valence-electron chi connectivity index (χ3n) is 0.778. The van der Waals surface area contributed by atoms with Crippen LogP contribution in [0.1, 0.15) is 0 Å². The second-order valence-corrected chi connectivity index (χ2v) is 1.80. The minimum Gasteiger partial charge on any atom is -0.303 e. The number of carbonyl (C=O) groups is 2. The fourth-order valence-electron chi connectivity index (χ4n) is 0.227. The van der Waals surface area contributed by atoms with Crippen LogP contribution in [-0.2, 0) is 9.59 Å². The van der Waals surface area contributed by atoms with Crippen LogP contribution in [0.3, 0.4) is 0 Å². The van der Waals surface area contributed by atoms with Crippen molar-refractivity contribution in [2.45, 2.75) is 6.18 Å². The molecule has 0 radical (unpaired) electrons. The molecule has 0 amide bonds. The first-order valence-corrected chi connectivity index (χ1v) is 2.71. The largest absolute Gasteiger partial charge is 0.446 e. The molecule has 0 spiro atoms. The Kier molecular flexibility index (Phi) is 3.73. The molecule has 11 heavy (non-hydrogen) atoms. The number of nitrogens with one attached hydrogen (secondary N) is 1. The molecule has 64 valence electrons. The summed E-state index contributed by atoms with van der Waals surface area (Å²) in [5.74, 6) is 0.324. The third-order valence-corrected chi connectivity index (χ3v) is 0.778. The highest BCUT2D eigenvalue weighted by molar-refractivity contribution is 5.87. The topological polar surface area (TPSA) is 46.2 Å². The van der Waals surface area contributed by atoms with Crippen LogP contribution in [0.15, 0.2) is 0 Å². The summed E-state index contributed by atoms with van der Waals surface area (Å²) >= 11 is 0. The van der Waals surface area contributed by atoms with Crippen molar-refractivity contribution in [3.05, 3.63) is 0 Å². The first-order chi connectivity index (χ1) is 4.95. The molecule has 0 unspecified atom stereocenters. The summed E-state index contributed by atoms with van der Waals surface area (Å²) in [4.78, 5) is 18.5. The van der Waals surface area contributed by atoms with E-state index < -0.39 is 12.5 Å². The number of carbonyl (C=O) groups excluding carboxylic acids is 2. The number of rotatable bonds is 0. The predicted octanol–water partition coefficient (Wildman–Crippen LogP) is -0.0937. The number of aldehydes is 1. The van der Waals surface area contributed by atoms with Gasteiger partial charge in [-0.25, -0.2) is 0 Å². The molecule has 3 nitrogen and oxygen atoms in total. The lowest BCUT2D eigenvalue weighted by molar-refractivity contribution is -0.156. The summed E-state index contributed by atoms with van der Waals surface area (Å²) in [5.41, 5.74) is 0. The van der Waals surface area contributed by atoms with Gasteiger partial charge in [-0.15, -0.1) is 0 Å². The summed E-state index contributed by atoms with van der Waals surface area (Å²) in [7, 11) is 0. The van der Waals surface area contributed by atoms with Gasteiger partial charge in [0.25, 0.3) is 0 Å². The van der Waals surface area contributed by atoms with Crippen LogP contribution in [-0.4, -0.2) is 31.3 Å². The van der Waals surface area contributed by atoms with Crippen molar-refractivity contribution < 1.29 is 22.8 Å². The van der Waals surface area contributed by atoms with Crippen LogP contribution in [0.2, 0.25) is 0 Å². The molecular weight excluding hydrogens is 163 g/mol. The lowest BCUT2D eigenvalue weighted by Gasteiger charge is -2.08. The van der Waals surface area contributed by atoms with E-state index in [-0.39, 0.29) is 0 Å². The first kappa shape index (κ1) is 10.1. The first-order valence-electron chi connectivity index (χ1n) is 2.71. The van der Waals surface area contributed by atoms with Crippen molar-refractivity contribution in [2.24, 2.45) is 0 Å². The molecule has 1 N–H and O–H groups in total. The van der Waals surface area contributed by atoms with E-state index in [0.29, 0.717) is 18.9 Å². The average Bonchev–Trinajstić information content (AvgIpc) is 1.84. The van der Waals surface area contributed by atoms with Gasteiger partial charge in [0.1, 0.15) is 0 Å². The number of alkyl halides is 3. The summed E-state index contributed by atoms with van der Waals surface area (Å²) in [6, 6.07) is 0. The van der Waals surface area contributed by atoms with Crippen molar-refractivity contribution in [2.75, 3.05) is 13.1 Å². The Labute approximate surface area is 60.6 Å². The molecule has 0 saturated carbocycles. The van der Waals surface area contributed by atoms with Gasteiger partial charge < -0.3 is 5.32 Å². The fourth-order valence-corrected chi connectivity index (χ4v) is 0.227. The van der Waals surface area contributed by atoms with Gasteiger partial charge in [-0.1, -0.05) is 0 Å². The number of ketones is 1. The summed E-state index contributed by atoms with van der Waals surface area (Å²) < 4.78 is 31.2. The Morgan fingerprint density at radius 1 is 1.36 bits per heavy atom. The molecule has 1 aliphatic heterocycles. The molecule has 1 saturated heterocycles. The van der Waals surface area contributed by atoms with E-state index in [2.05, 4.69) is 5.32 Å². The van der Waals surface area contributed by atoms with Crippen LogP contribution in [0.4, 0.5) is 13.2 Å². The van der Waals surface area contributed by atoms with E-state index in [1.165, 1.54) is 0 Å². The van der Waals surface area contributed by atoms with Gasteiger partial charge in [0.15, 0.2) is 5.78 Å². The highest BCUT2D eigenvalue weighted by Gasteiger charge is 2.24. The number of Topliss-reactive ketones (excluding diaryl/α,β-unsaturated/α-hetero) is 1. The SMILES string of the molecule is O=C1CNC1.O=CC(F)(F)F. The van der Waals surface area contributed by atoms with Crippen molar-refractivity contribution >= 4 is 12.1 Å². The molecule has 1 fully saturated rings. The van der Waals surface area contributed by atoms with Crippen LogP contribution in [0, 0.1) is 0 Å². The molecule has 0 aromatic heterocycles. The van der Waals surface area contributed by atoms with Gasteiger partial charge in [0.2, 0.25) is 6.29 Å². The summed E-state index contributed by atoms with van der Waals surface area (Å²) in [6.45, 7) is 1.19. The van der Waals surface area contributed by atoms with E-state index >= 15 is 0 Å². The van der Waals surface area contributed by atoms with Gasteiger partial charge in [-0.05, 0) is 0 Å². The Morgan fingerprint density at radius 2 is 1.64 bits per heavy atom. The van der Waals surface area contributed by atoms with Crippen LogP contribution >= 0.6 is 0 Å². The molecule has 1 aliphatic rings. The standard InChI is InChI=1S/C3H5NO.C2HF3O/c5-3-1-4-2-3;3-2(4,5)1-6/h4H,1-2H2;1H. The maximum atomic E-state index is 10.4. The maximum absolute atomic E-state index is 10.4. The monoisotopic (exact) mass is 169 g/mol. The zero-order chi connectivity index (χ0) is 8.91. The van der Waals surface area contributed by atoms with Gasteiger partial charge in [-0.3, -0.25) is 9.59 Å². The van der Waals surface area contributed by atoms with Crippen molar-refractivity contribution in [1.82, 2.24) is 5.32 Å². The molecular formula is C5H6F3NO2. The van der Waals surface area contributed by atoms with Crippen molar-refractivity contribution in [3.8, 4) is 0 Å². The van der Waals surface area contributed by atoms with Crippen LogP contribution in [0.5, 0.6) is 0 Å². The fraction of sp³-hybridized carbons (Fsp3) is 0.600. The van der Waals surface area contributed by atoms with Crippen molar-refractivity contribution in [1.29, 1.82) is 0 Å². The summed E-state index contributed by atoms with van der Waals surface area (Å²) in [6.07, 6.45) is -5.70. The molecule has 0 aromatic carbocycles. The highest BCUT2D eigenvalue weighted by Crippen LogP contribution is 2.08. The Morgan fingerprint density at radius 3 is 1.64 bits per heavy atom. The van der Waals surface area contributed by atoms with Crippen molar-refractivity contribution in [3.63, 3.8) is 0 Å². The van der Waals surface area contributed by atoms with Crippen LogP contribution < -0.4 is 5.32 Å². The van der Waals surface area contributed by atoms with E-state index in [1.807, 2.05) is 0 Å². The molecule has 0 aliphatic carbocycles. The molecule has 1 heterocycles. The zero-order valence-corrected chi connectivity index (χ0v) is 5.44. The number of hydrogen-bond acceptors (Lipinski definition) is 3. The van der Waals surface area contributed by atoms with E-state index in [1.54, 1.807) is 0 Å². The summed E-state index contributed by atoms with van der Waals surface area (Å²) in [5, 5.41) is 2.81. The Hall–Kier alpha value is -0.910. The maximum Gasteiger partial charge on any atom is 0.446 e. The average molecular weight is 169 g/mol. The Bertz CT molecular complexity index is 148. The zero-order valence-electron chi connectivity index (χ0n) is 5.44. The lowest BCUT2D eigenvalue weighted by atomic mass is 10.3. The van der Waals surface area contributed by atoms with E-state index in [9.17, 15) is 18.0 Å². The minimum atomic E-state index is -4.64. The predicted molar refractivity (Wildman–Crippen MR) is 30.0 cm³/mol. The lowest BCUT2D eigenvalue weighted by Crippen LogP contribution is -2.42. The third kappa shape index (κ3) is 6.98. The Balaban J connectivity index is 0.000000183. The van der Waals surface area contributed by atoms with Crippen LogP contribution in [0.25, 0.3) is 0 Å². The van der Waals surface area contributed by atoms with Gasteiger partial charge >= 0.3 is 6.18 Å². The smallest absolute Gasteiger partial charge is 0.303 e. The number of hydrogen-bond donors (Lipinski definition) is 1. The van der Waals surface area contributed by atoms with Gasteiger partial charge in [0, 0.05) is 0 Å². The normalized spacial score (nSPS) is 16.1. The second-order valence-electron chi connectivity index (χ2n) is 1.80. The second kappa shape index (κ2) is 4.07. The minimum absolute atomic E-state index is 0.324.